The molecule has 0 saturated heterocycles. The van der Waals surface area contributed by atoms with Gasteiger partial charge >= 0.3 is 0 Å². The van der Waals surface area contributed by atoms with Gasteiger partial charge in [0.1, 0.15) is 5.75 Å². The molecule has 2 aromatic rings. The van der Waals surface area contributed by atoms with E-state index in [0.717, 1.165) is 17.1 Å². The van der Waals surface area contributed by atoms with Gasteiger partial charge in [-0.3, -0.25) is 9.59 Å². The van der Waals surface area contributed by atoms with Gasteiger partial charge in [-0.05, 0) is 68.8 Å². The first-order valence-electron chi connectivity index (χ1n) is 9.49. The third-order valence-electron chi connectivity index (χ3n) is 4.61. The second-order valence-corrected chi connectivity index (χ2v) is 7.56. The lowest BCUT2D eigenvalue weighted by Crippen LogP contribution is -2.20. The number of rotatable bonds is 7. The van der Waals surface area contributed by atoms with Gasteiger partial charge in [-0.1, -0.05) is 0 Å². The van der Waals surface area contributed by atoms with Crippen LogP contribution in [0.25, 0.3) is 0 Å². The molecule has 1 aliphatic carbocycles. The lowest BCUT2D eigenvalue weighted by Gasteiger charge is -2.13. The average Bonchev–Trinajstić information content (AvgIpc) is 3.44. The summed E-state index contributed by atoms with van der Waals surface area (Å²) in [6.07, 6.45) is 0.674. The lowest BCUT2D eigenvalue weighted by molar-refractivity contribution is -0.122. The second-order valence-electron chi connectivity index (χ2n) is 7.56. The zero-order valence-electron chi connectivity index (χ0n) is 16.7. The molecule has 2 unspecified atom stereocenters. The van der Waals surface area contributed by atoms with Crippen LogP contribution >= 0.6 is 0 Å². The first-order valence-corrected chi connectivity index (χ1v) is 9.49. The molecule has 6 nitrogen and oxygen atoms in total. The van der Waals surface area contributed by atoms with E-state index in [1.807, 2.05) is 69.2 Å². The molecule has 1 aliphatic rings. The number of ether oxygens (including phenoxy) is 1. The van der Waals surface area contributed by atoms with Crippen molar-refractivity contribution in [1.29, 1.82) is 0 Å². The number of amides is 2. The van der Waals surface area contributed by atoms with Crippen molar-refractivity contribution in [2.45, 2.75) is 26.4 Å². The van der Waals surface area contributed by atoms with E-state index >= 15 is 0 Å². The smallest absolute Gasteiger partial charge is 0.228 e. The summed E-state index contributed by atoms with van der Waals surface area (Å²) < 4.78 is 5.59. The zero-order chi connectivity index (χ0) is 20.3. The van der Waals surface area contributed by atoms with Crippen LogP contribution in [0.1, 0.15) is 20.3 Å². The van der Waals surface area contributed by atoms with Crippen molar-refractivity contribution >= 4 is 28.9 Å². The van der Waals surface area contributed by atoms with Gasteiger partial charge in [0, 0.05) is 31.2 Å². The van der Waals surface area contributed by atoms with Crippen LogP contribution in [-0.4, -0.2) is 32.0 Å². The molecule has 1 fully saturated rings. The van der Waals surface area contributed by atoms with Gasteiger partial charge in [0.25, 0.3) is 0 Å². The molecule has 3 rings (SSSR count). The zero-order valence-corrected chi connectivity index (χ0v) is 16.7. The summed E-state index contributed by atoms with van der Waals surface area (Å²) in [6, 6.07) is 14.9. The van der Waals surface area contributed by atoms with Crippen molar-refractivity contribution in [2.24, 2.45) is 11.8 Å². The van der Waals surface area contributed by atoms with E-state index in [-0.39, 0.29) is 29.8 Å². The maximum atomic E-state index is 12.4. The predicted octanol–water partition coefficient (Wildman–Crippen LogP) is 3.75. The van der Waals surface area contributed by atoms with Crippen LogP contribution in [0, 0.1) is 11.8 Å². The van der Waals surface area contributed by atoms with Gasteiger partial charge in [-0.2, -0.15) is 0 Å². The normalized spacial score (nSPS) is 17.8. The van der Waals surface area contributed by atoms with Gasteiger partial charge in [-0.25, -0.2) is 0 Å². The number of benzene rings is 2. The van der Waals surface area contributed by atoms with E-state index in [2.05, 4.69) is 10.6 Å². The summed E-state index contributed by atoms with van der Waals surface area (Å²) in [7, 11) is 3.93. The molecule has 0 radical (unpaired) electrons. The molecule has 2 amide bonds. The Morgan fingerprint density at radius 2 is 1.36 bits per heavy atom. The van der Waals surface area contributed by atoms with Crippen LogP contribution in [-0.2, 0) is 9.59 Å². The maximum Gasteiger partial charge on any atom is 0.228 e. The van der Waals surface area contributed by atoms with Crippen molar-refractivity contribution in [3.05, 3.63) is 48.5 Å². The molecule has 1 saturated carbocycles. The molecule has 2 N–H and O–H groups in total. The molecule has 2 atom stereocenters. The van der Waals surface area contributed by atoms with Crippen molar-refractivity contribution < 1.29 is 14.3 Å². The summed E-state index contributed by atoms with van der Waals surface area (Å²) in [4.78, 5) is 26.8. The topological polar surface area (TPSA) is 70.7 Å². The van der Waals surface area contributed by atoms with Crippen molar-refractivity contribution in [2.75, 3.05) is 29.6 Å². The molecule has 2 aromatic carbocycles. The highest BCUT2D eigenvalue weighted by atomic mass is 16.5. The monoisotopic (exact) mass is 381 g/mol. The Morgan fingerprint density at radius 1 is 0.893 bits per heavy atom. The number of anilines is 3. The van der Waals surface area contributed by atoms with Crippen molar-refractivity contribution in [1.82, 2.24) is 0 Å². The number of hydrogen-bond acceptors (Lipinski definition) is 4. The number of nitrogens with one attached hydrogen (secondary N) is 2. The fourth-order valence-corrected chi connectivity index (χ4v) is 2.98. The number of nitrogens with zero attached hydrogens (tertiary/aromatic N) is 1. The number of hydrogen-bond donors (Lipinski definition) is 2. The quantitative estimate of drug-likeness (QED) is 0.766. The van der Waals surface area contributed by atoms with Gasteiger partial charge < -0.3 is 20.3 Å². The summed E-state index contributed by atoms with van der Waals surface area (Å²) >= 11 is 0. The molecule has 0 bridgehead atoms. The van der Waals surface area contributed by atoms with E-state index in [0.29, 0.717) is 12.1 Å². The highest BCUT2D eigenvalue weighted by molar-refractivity contribution is 6.03. The Labute approximate surface area is 165 Å². The molecular formula is C22H27N3O3. The second kappa shape index (κ2) is 8.33. The molecule has 0 aliphatic heterocycles. The summed E-state index contributed by atoms with van der Waals surface area (Å²) in [5.41, 5.74) is 2.50. The molecule has 0 heterocycles. The molecule has 0 aromatic heterocycles. The molecule has 6 heteroatoms. The molecular weight excluding hydrogens is 354 g/mol. The summed E-state index contributed by atoms with van der Waals surface area (Å²) in [5.74, 6) is -0.0410. The Hall–Kier alpha value is -3.02. The first-order chi connectivity index (χ1) is 13.3. The minimum Gasteiger partial charge on any atom is -0.491 e. The first kappa shape index (κ1) is 19.7. The number of carbonyl (C=O) groups excluding carboxylic acids is 2. The fourth-order valence-electron chi connectivity index (χ4n) is 2.98. The van der Waals surface area contributed by atoms with Crippen LogP contribution in [0.2, 0.25) is 0 Å². The lowest BCUT2D eigenvalue weighted by atomic mass is 10.2. The minimum absolute atomic E-state index is 0.102. The van der Waals surface area contributed by atoms with Crippen LogP contribution in [0.5, 0.6) is 5.75 Å². The average molecular weight is 381 g/mol. The van der Waals surface area contributed by atoms with Gasteiger partial charge in [0.2, 0.25) is 11.8 Å². The van der Waals surface area contributed by atoms with E-state index in [1.54, 1.807) is 12.1 Å². The molecule has 0 spiro atoms. The van der Waals surface area contributed by atoms with Crippen molar-refractivity contribution in [3.63, 3.8) is 0 Å². The van der Waals surface area contributed by atoms with Crippen molar-refractivity contribution in [3.8, 4) is 5.75 Å². The van der Waals surface area contributed by atoms with Crippen LogP contribution in [0.3, 0.4) is 0 Å². The number of carbonyl (C=O) groups is 2. The highest BCUT2D eigenvalue weighted by Crippen LogP contribution is 2.40. The maximum absolute atomic E-state index is 12.4. The van der Waals surface area contributed by atoms with Gasteiger partial charge in [-0.15, -0.1) is 0 Å². The molecule has 148 valence electrons. The van der Waals surface area contributed by atoms with E-state index in [4.69, 9.17) is 4.74 Å². The third kappa shape index (κ3) is 5.03. The standard InChI is InChI=1S/C22H27N3O3/c1-14(2)28-18-11-7-16(8-12-18)24-22(27)20-13-19(20)21(26)23-15-5-9-17(10-6-15)25(3)4/h5-12,14,19-20H,13H2,1-4H3,(H,23,26)(H,24,27). The Bertz CT molecular complexity index is 829. The Morgan fingerprint density at radius 3 is 1.79 bits per heavy atom. The minimum atomic E-state index is -0.285. The van der Waals surface area contributed by atoms with E-state index < -0.39 is 0 Å². The Balaban J connectivity index is 1.50. The molecule has 28 heavy (non-hydrogen) atoms. The summed E-state index contributed by atoms with van der Waals surface area (Å²) in [6.45, 7) is 3.93. The van der Waals surface area contributed by atoms with Crippen LogP contribution in [0.4, 0.5) is 17.1 Å². The van der Waals surface area contributed by atoms with Crippen LogP contribution < -0.4 is 20.3 Å². The fraction of sp³-hybridized carbons (Fsp3) is 0.364. The Kier molecular flexibility index (Phi) is 5.87. The van der Waals surface area contributed by atoms with Crippen LogP contribution in [0.15, 0.2) is 48.5 Å². The third-order valence-corrected chi connectivity index (χ3v) is 4.61. The van der Waals surface area contributed by atoms with E-state index in [1.165, 1.54) is 0 Å². The summed E-state index contributed by atoms with van der Waals surface area (Å²) in [5, 5.41) is 5.76. The predicted molar refractivity (Wildman–Crippen MR) is 112 cm³/mol. The van der Waals surface area contributed by atoms with Gasteiger partial charge in [0.15, 0.2) is 0 Å². The largest absolute Gasteiger partial charge is 0.491 e. The van der Waals surface area contributed by atoms with E-state index in [9.17, 15) is 9.59 Å². The highest BCUT2D eigenvalue weighted by Gasteiger charge is 2.48. The van der Waals surface area contributed by atoms with Gasteiger partial charge in [0.05, 0.1) is 17.9 Å². The SMILES string of the molecule is CC(C)Oc1ccc(NC(=O)C2CC2C(=O)Nc2ccc(N(C)C)cc2)cc1.